The zero-order valence-electron chi connectivity index (χ0n) is 18.5. The average molecular weight is 460 g/mol. The highest BCUT2D eigenvalue weighted by Crippen LogP contribution is 2.43. The van der Waals surface area contributed by atoms with Crippen molar-refractivity contribution in [2.45, 2.75) is 37.5 Å². The van der Waals surface area contributed by atoms with E-state index in [1.54, 1.807) is 21.9 Å². The molecule has 1 aromatic heterocycles. The number of nitro groups is 1. The van der Waals surface area contributed by atoms with Gasteiger partial charge in [-0.2, -0.15) is 0 Å². The number of ether oxygens (including phenoxy) is 1. The van der Waals surface area contributed by atoms with Crippen molar-refractivity contribution in [3.8, 4) is 0 Å². The van der Waals surface area contributed by atoms with Crippen molar-refractivity contribution >= 4 is 28.4 Å². The van der Waals surface area contributed by atoms with Gasteiger partial charge in [0.1, 0.15) is 6.04 Å². The molecule has 0 aliphatic carbocycles. The Labute approximate surface area is 195 Å². The first-order valence-corrected chi connectivity index (χ1v) is 11.6. The van der Waals surface area contributed by atoms with Gasteiger partial charge in [-0.25, -0.2) is 0 Å². The third kappa shape index (κ3) is 3.27. The third-order valence-corrected chi connectivity index (χ3v) is 7.19. The SMILES string of the molecule is O=C1[C@@H]2Cc3c([nH]c4ccccc34)[C@@H](c3cccc([N+](=O)[O-])c3)N2C(=O)CN1C[C@@H]1CCCO1. The number of amides is 2. The Morgan fingerprint density at radius 2 is 2.00 bits per heavy atom. The molecule has 9 nitrogen and oxygen atoms in total. The number of H-pyrrole nitrogens is 1. The fraction of sp³-hybridized carbons (Fsp3) is 0.360. The van der Waals surface area contributed by atoms with E-state index in [-0.39, 0.29) is 30.2 Å². The monoisotopic (exact) mass is 460 g/mol. The normalized spacial score (nSPS) is 24.4. The summed E-state index contributed by atoms with van der Waals surface area (Å²) in [6.45, 7) is 1.08. The number of non-ortho nitro benzene ring substituents is 1. The number of aromatic nitrogens is 1. The maximum atomic E-state index is 13.7. The summed E-state index contributed by atoms with van der Waals surface area (Å²) in [4.78, 5) is 44.9. The predicted octanol–water partition coefficient (Wildman–Crippen LogP) is 2.94. The van der Waals surface area contributed by atoms with Crippen molar-refractivity contribution in [3.63, 3.8) is 0 Å². The number of aromatic amines is 1. The average Bonchev–Trinajstić information content (AvgIpc) is 3.48. The number of nitrogens with one attached hydrogen (secondary N) is 1. The first-order chi connectivity index (χ1) is 16.5. The molecule has 2 fully saturated rings. The van der Waals surface area contributed by atoms with Crippen LogP contribution in [-0.4, -0.2) is 63.4 Å². The van der Waals surface area contributed by atoms with Crippen molar-refractivity contribution in [2.24, 2.45) is 0 Å². The maximum absolute atomic E-state index is 13.7. The minimum Gasteiger partial charge on any atom is -0.376 e. The van der Waals surface area contributed by atoms with Crippen LogP contribution in [0.15, 0.2) is 48.5 Å². The minimum atomic E-state index is -0.668. The summed E-state index contributed by atoms with van der Waals surface area (Å²) in [6, 6.07) is 12.9. The fourth-order valence-electron chi connectivity index (χ4n) is 5.67. The number of fused-ring (bicyclic) bond motifs is 4. The lowest BCUT2D eigenvalue weighted by Crippen LogP contribution is -2.63. The van der Waals surface area contributed by atoms with E-state index in [1.807, 2.05) is 24.3 Å². The Bertz CT molecular complexity index is 1310. The molecule has 0 spiro atoms. The number of rotatable bonds is 4. The number of benzene rings is 2. The van der Waals surface area contributed by atoms with Gasteiger partial charge in [-0.3, -0.25) is 19.7 Å². The number of hydrogen-bond acceptors (Lipinski definition) is 5. The number of hydrogen-bond donors (Lipinski definition) is 1. The van der Waals surface area contributed by atoms with Crippen molar-refractivity contribution < 1.29 is 19.2 Å². The van der Waals surface area contributed by atoms with Crippen LogP contribution in [-0.2, 0) is 20.7 Å². The topological polar surface area (TPSA) is 109 Å². The Morgan fingerprint density at radius 1 is 1.15 bits per heavy atom. The Balaban J connectivity index is 1.47. The standard InChI is InChI=1S/C25H24N4O5/c30-22-14-27(13-17-7-4-10-34-17)25(31)21-12-19-18-8-1-2-9-20(18)26-23(19)24(28(21)22)15-5-3-6-16(11-15)29(32)33/h1-3,5-6,8-9,11,17,21,24,26H,4,7,10,12-14H2/t17-,21-,24+/m0/s1. The molecule has 174 valence electrons. The van der Waals surface area contributed by atoms with Gasteiger partial charge < -0.3 is 19.5 Å². The van der Waals surface area contributed by atoms with Crippen LogP contribution in [0.4, 0.5) is 5.69 Å². The van der Waals surface area contributed by atoms with Crippen LogP contribution >= 0.6 is 0 Å². The molecule has 3 aliphatic heterocycles. The molecule has 0 bridgehead atoms. The first kappa shape index (κ1) is 20.9. The highest BCUT2D eigenvalue weighted by molar-refractivity contribution is 5.97. The van der Waals surface area contributed by atoms with E-state index in [2.05, 4.69) is 4.98 Å². The number of piperazine rings is 1. The van der Waals surface area contributed by atoms with E-state index in [4.69, 9.17) is 4.74 Å². The summed E-state index contributed by atoms with van der Waals surface area (Å²) >= 11 is 0. The smallest absolute Gasteiger partial charge is 0.269 e. The molecule has 4 heterocycles. The number of para-hydroxylation sites is 1. The van der Waals surface area contributed by atoms with E-state index in [1.165, 1.54) is 12.1 Å². The second-order valence-corrected chi connectivity index (χ2v) is 9.19. The van der Waals surface area contributed by atoms with Gasteiger partial charge in [0.25, 0.3) is 5.69 Å². The molecule has 0 radical (unpaired) electrons. The summed E-state index contributed by atoms with van der Waals surface area (Å²) < 4.78 is 5.72. The second-order valence-electron chi connectivity index (χ2n) is 9.19. The van der Waals surface area contributed by atoms with Crippen LogP contribution in [0.1, 0.15) is 35.7 Å². The lowest BCUT2D eigenvalue weighted by atomic mass is 9.86. The molecule has 1 N–H and O–H groups in total. The molecule has 2 aromatic carbocycles. The molecule has 6 rings (SSSR count). The molecule has 34 heavy (non-hydrogen) atoms. The summed E-state index contributed by atoms with van der Waals surface area (Å²) in [7, 11) is 0. The Hall–Kier alpha value is -3.72. The summed E-state index contributed by atoms with van der Waals surface area (Å²) in [5.74, 6) is -0.259. The predicted molar refractivity (Wildman–Crippen MR) is 123 cm³/mol. The number of carbonyl (C=O) groups excluding carboxylic acids is 2. The first-order valence-electron chi connectivity index (χ1n) is 11.6. The van der Waals surface area contributed by atoms with Gasteiger partial charge in [0.15, 0.2) is 0 Å². The van der Waals surface area contributed by atoms with Crippen LogP contribution in [0.2, 0.25) is 0 Å². The van der Waals surface area contributed by atoms with Crippen molar-refractivity contribution in [3.05, 3.63) is 75.5 Å². The molecule has 0 saturated carbocycles. The van der Waals surface area contributed by atoms with Gasteiger partial charge in [0, 0.05) is 48.3 Å². The van der Waals surface area contributed by atoms with Crippen LogP contribution in [0.5, 0.6) is 0 Å². The zero-order chi connectivity index (χ0) is 23.4. The second kappa shape index (κ2) is 7.95. The van der Waals surface area contributed by atoms with E-state index >= 15 is 0 Å². The lowest BCUT2D eigenvalue weighted by Gasteiger charge is -2.47. The van der Waals surface area contributed by atoms with Gasteiger partial charge in [0.2, 0.25) is 11.8 Å². The molecular weight excluding hydrogens is 436 g/mol. The molecule has 2 saturated heterocycles. The van der Waals surface area contributed by atoms with Gasteiger partial charge >= 0.3 is 0 Å². The van der Waals surface area contributed by atoms with Gasteiger partial charge in [-0.1, -0.05) is 30.3 Å². The molecule has 9 heteroatoms. The summed E-state index contributed by atoms with van der Waals surface area (Å²) in [5.41, 5.74) is 3.27. The van der Waals surface area contributed by atoms with E-state index in [0.29, 0.717) is 25.1 Å². The van der Waals surface area contributed by atoms with Gasteiger partial charge in [-0.05, 0) is 30.0 Å². The number of nitro benzene ring substituents is 1. The van der Waals surface area contributed by atoms with Gasteiger partial charge in [0.05, 0.1) is 23.6 Å². The maximum Gasteiger partial charge on any atom is 0.269 e. The molecular formula is C25H24N4O5. The Morgan fingerprint density at radius 3 is 2.79 bits per heavy atom. The number of carbonyl (C=O) groups is 2. The summed E-state index contributed by atoms with van der Waals surface area (Å²) in [6.07, 6.45) is 2.21. The minimum absolute atomic E-state index is 0.0177. The molecule has 2 amide bonds. The van der Waals surface area contributed by atoms with Crippen molar-refractivity contribution in [1.82, 2.24) is 14.8 Å². The summed E-state index contributed by atoms with van der Waals surface area (Å²) in [5, 5.41) is 12.5. The largest absolute Gasteiger partial charge is 0.376 e. The quantitative estimate of drug-likeness (QED) is 0.476. The van der Waals surface area contributed by atoms with Crippen molar-refractivity contribution in [1.29, 1.82) is 0 Å². The highest BCUT2D eigenvalue weighted by atomic mass is 16.6. The van der Waals surface area contributed by atoms with E-state index in [9.17, 15) is 19.7 Å². The fourth-order valence-corrected chi connectivity index (χ4v) is 5.67. The van der Waals surface area contributed by atoms with E-state index in [0.717, 1.165) is 35.0 Å². The molecule has 0 unspecified atom stereocenters. The van der Waals surface area contributed by atoms with Crippen LogP contribution < -0.4 is 0 Å². The molecule has 3 atom stereocenters. The van der Waals surface area contributed by atoms with E-state index < -0.39 is 17.0 Å². The van der Waals surface area contributed by atoms with Crippen LogP contribution in [0.3, 0.4) is 0 Å². The number of nitrogens with zero attached hydrogens (tertiary/aromatic N) is 3. The van der Waals surface area contributed by atoms with Gasteiger partial charge in [-0.15, -0.1) is 0 Å². The molecule has 3 aliphatic rings. The zero-order valence-corrected chi connectivity index (χ0v) is 18.5. The highest BCUT2D eigenvalue weighted by Gasteiger charge is 2.48. The van der Waals surface area contributed by atoms with Crippen LogP contribution in [0, 0.1) is 10.1 Å². The Kier molecular flexibility index (Phi) is 4.88. The lowest BCUT2D eigenvalue weighted by molar-refractivity contribution is -0.384. The van der Waals surface area contributed by atoms with Crippen molar-refractivity contribution in [2.75, 3.05) is 19.7 Å². The molecule has 3 aromatic rings. The third-order valence-electron chi connectivity index (χ3n) is 7.19. The van der Waals surface area contributed by atoms with Crippen LogP contribution in [0.25, 0.3) is 10.9 Å².